The molecule has 0 aliphatic heterocycles. The summed E-state index contributed by atoms with van der Waals surface area (Å²) in [6.07, 6.45) is 0. The van der Waals surface area contributed by atoms with Crippen molar-refractivity contribution < 1.29 is 9.32 Å². The fraction of sp³-hybridized carbons (Fsp3) is 0.200. The molecule has 22 heavy (non-hydrogen) atoms. The van der Waals surface area contributed by atoms with E-state index < -0.39 is 0 Å². The number of nitrogens with zero attached hydrogens (tertiary/aromatic N) is 4. The zero-order chi connectivity index (χ0) is 15.5. The lowest BCUT2D eigenvalue weighted by Gasteiger charge is -2.02. The van der Waals surface area contributed by atoms with Gasteiger partial charge >= 0.3 is 0 Å². The van der Waals surface area contributed by atoms with Crippen LogP contribution in [-0.2, 0) is 7.05 Å². The van der Waals surface area contributed by atoms with Crippen LogP contribution in [0.2, 0.25) is 0 Å². The smallest absolute Gasteiger partial charge is 0.191 e. The summed E-state index contributed by atoms with van der Waals surface area (Å²) >= 11 is 1.35. The number of thioether (sulfide) groups is 1. The van der Waals surface area contributed by atoms with Gasteiger partial charge in [-0.3, -0.25) is 4.79 Å². The molecule has 0 bridgehead atoms. The molecule has 3 rings (SSSR count). The second-order valence-electron chi connectivity index (χ2n) is 4.77. The van der Waals surface area contributed by atoms with Gasteiger partial charge in [0.05, 0.1) is 5.75 Å². The van der Waals surface area contributed by atoms with Gasteiger partial charge < -0.3 is 9.09 Å². The number of Topliss-reactive ketones (excluding diaryl/α,β-unsaturated/α-hetero) is 1. The zero-order valence-electron chi connectivity index (χ0n) is 12.2. The standard InChI is InChI=1S/C15H14N4O2S/c1-10-8-12(18-21-10)14-16-17-15(19(14)2)22-9-13(20)11-6-4-3-5-7-11/h3-8H,9H2,1-2H3. The van der Waals surface area contributed by atoms with E-state index in [1.54, 1.807) is 10.6 Å². The largest absolute Gasteiger partial charge is 0.361 e. The lowest BCUT2D eigenvalue weighted by molar-refractivity contribution is 0.102. The van der Waals surface area contributed by atoms with Crippen LogP contribution in [0.3, 0.4) is 0 Å². The topological polar surface area (TPSA) is 73.8 Å². The van der Waals surface area contributed by atoms with Gasteiger partial charge in [0.1, 0.15) is 5.76 Å². The number of hydrogen-bond donors (Lipinski definition) is 0. The monoisotopic (exact) mass is 314 g/mol. The average molecular weight is 314 g/mol. The van der Waals surface area contributed by atoms with Gasteiger partial charge in [0.15, 0.2) is 22.5 Å². The van der Waals surface area contributed by atoms with Crippen molar-refractivity contribution in [2.24, 2.45) is 7.05 Å². The maximum absolute atomic E-state index is 12.1. The summed E-state index contributed by atoms with van der Waals surface area (Å²) in [5.74, 6) is 1.71. The van der Waals surface area contributed by atoms with Crippen LogP contribution in [0, 0.1) is 6.92 Å². The summed E-state index contributed by atoms with van der Waals surface area (Å²) in [4.78, 5) is 12.1. The second-order valence-corrected chi connectivity index (χ2v) is 5.71. The first kappa shape index (κ1) is 14.5. The minimum absolute atomic E-state index is 0.0624. The highest BCUT2D eigenvalue weighted by molar-refractivity contribution is 7.99. The molecule has 1 aromatic carbocycles. The van der Waals surface area contributed by atoms with E-state index in [4.69, 9.17) is 4.52 Å². The molecule has 0 unspecified atom stereocenters. The Balaban J connectivity index is 1.72. The first-order valence-electron chi connectivity index (χ1n) is 6.69. The van der Waals surface area contributed by atoms with E-state index >= 15 is 0 Å². The summed E-state index contributed by atoms with van der Waals surface area (Å²) in [6, 6.07) is 11.0. The molecule has 0 aliphatic rings. The van der Waals surface area contributed by atoms with Crippen LogP contribution < -0.4 is 0 Å². The first-order chi connectivity index (χ1) is 10.6. The molecule has 6 nitrogen and oxygen atoms in total. The molecular formula is C15H14N4O2S. The Morgan fingerprint density at radius 2 is 2.05 bits per heavy atom. The molecule has 0 saturated carbocycles. The van der Waals surface area contributed by atoms with E-state index in [1.165, 1.54) is 11.8 Å². The molecule has 0 aliphatic carbocycles. The highest BCUT2D eigenvalue weighted by Crippen LogP contribution is 2.22. The van der Waals surface area contributed by atoms with Crippen molar-refractivity contribution in [3.63, 3.8) is 0 Å². The van der Waals surface area contributed by atoms with Crippen LogP contribution in [0.1, 0.15) is 16.1 Å². The minimum Gasteiger partial charge on any atom is -0.361 e. The number of hydrogen-bond acceptors (Lipinski definition) is 6. The fourth-order valence-electron chi connectivity index (χ4n) is 1.97. The van der Waals surface area contributed by atoms with Crippen molar-refractivity contribution >= 4 is 17.5 Å². The molecule has 0 N–H and O–H groups in total. The predicted molar refractivity (Wildman–Crippen MR) is 82.7 cm³/mol. The van der Waals surface area contributed by atoms with E-state index in [2.05, 4.69) is 15.4 Å². The van der Waals surface area contributed by atoms with Gasteiger partial charge in [-0.15, -0.1) is 10.2 Å². The Morgan fingerprint density at radius 3 is 2.73 bits per heavy atom. The predicted octanol–water partition coefficient (Wildman–Crippen LogP) is 2.75. The molecule has 112 valence electrons. The van der Waals surface area contributed by atoms with E-state index in [9.17, 15) is 4.79 Å². The number of ketones is 1. The van der Waals surface area contributed by atoms with Crippen molar-refractivity contribution in [2.45, 2.75) is 12.1 Å². The summed E-state index contributed by atoms with van der Waals surface area (Å²) in [7, 11) is 1.84. The summed E-state index contributed by atoms with van der Waals surface area (Å²) in [6.45, 7) is 1.82. The van der Waals surface area contributed by atoms with Gasteiger partial charge in [0.2, 0.25) is 0 Å². The molecule has 0 radical (unpaired) electrons. The van der Waals surface area contributed by atoms with Crippen molar-refractivity contribution in [3.8, 4) is 11.5 Å². The van der Waals surface area contributed by atoms with E-state index in [0.717, 1.165) is 0 Å². The Morgan fingerprint density at radius 1 is 1.27 bits per heavy atom. The van der Waals surface area contributed by atoms with Crippen molar-refractivity contribution in [1.82, 2.24) is 19.9 Å². The minimum atomic E-state index is 0.0624. The molecule has 7 heteroatoms. The average Bonchev–Trinajstić information content (AvgIpc) is 3.12. The number of rotatable bonds is 5. The maximum Gasteiger partial charge on any atom is 0.191 e. The normalized spacial score (nSPS) is 10.8. The summed E-state index contributed by atoms with van der Waals surface area (Å²) in [5, 5.41) is 12.8. The van der Waals surface area contributed by atoms with Gasteiger partial charge in [0, 0.05) is 18.7 Å². The van der Waals surface area contributed by atoms with Crippen molar-refractivity contribution in [3.05, 3.63) is 47.7 Å². The van der Waals surface area contributed by atoms with Crippen LogP contribution in [-0.4, -0.2) is 31.5 Å². The summed E-state index contributed by atoms with van der Waals surface area (Å²) in [5.41, 5.74) is 1.33. The molecule has 0 amide bonds. The molecule has 0 saturated heterocycles. The van der Waals surface area contributed by atoms with Gasteiger partial charge in [0.25, 0.3) is 0 Å². The molecule has 0 atom stereocenters. The molecule has 3 aromatic rings. The lowest BCUT2D eigenvalue weighted by Crippen LogP contribution is -2.03. The fourth-order valence-corrected chi connectivity index (χ4v) is 2.78. The number of aryl methyl sites for hydroxylation is 1. The second kappa shape index (κ2) is 6.15. The number of carbonyl (C=O) groups is 1. The number of aromatic nitrogens is 4. The Bertz CT molecular complexity index is 795. The highest BCUT2D eigenvalue weighted by Gasteiger charge is 2.16. The zero-order valence-corrected chi connectivity index (χ0v) is 13.0. The molecule has 0 fully saturated rings. The Hall–Kier alpha value is -2.41. The van der Waals surface area contributed by atoms with Crippen LogP contribution in [0.25, 0.3) is 11.5 Å². The Kier molecular flexibility index (Phi) is 4.06. The van der Waals surface area contributed by atoms with E-state index in [0.29, 0.717) is 33.8 Å². The molecule has 2 heterocycles. The lowest BCUT2D eigenvalue weighted by atomic mass is 10.2. The van der Waals surface area contributed by atoms with Crippen molar-refractivity contribution in [2.75, 3.05) is 5.75 Å². The first-order valence-corrected chi connectivity index (χ1v) is 7.68. The van der Waals surface area contributed by atoms with Crippen LogP contribution in [0.5, 0.6) is 0 Å². The summed E-state index contributed by atoms with van der Waals surface area (Å²) < 4.78 is 6.85. The molecule has 0 spiro atoms. The molecular weight excluding hydrogens is 300 g/mol. The quantitative estimate of drug-likeness (QED) is 0.532. The van der Waals surface area contributed by atoms with Crippen molar-refractivity contribution in [1.29, 1.82) is 0 Å². The van der Waals surface area contributed by atoms with Gasteiger partial charge in [-0.25, -0.2) is 0 Å². The third kappa shape index (κ3) is 2.94. The van der Waals surface area contributed by atoms with Gasteiger partial charge in [-0.05, 0) is 6.92 Å². The highest BCUT2D eigenvalue weighted by atomic mass is 32.2. The van der Waals surface area contributed by atoms with Crippen LogP contribution in [0.4, 0.5) is 0 Å². The van der Waals surface area contributed by atoms with Gasteiger partial charge in [-0.2, -0.15) is 0 Å². The third-order valence-corrected chi connectivity index (χ3v) is 4.14. The maximum atomic E-state index is 12.1. The SMILES string of the molecule is Cc1cc(-c2nnc(SCC(=O)c3ccccc3)n2C)no1. The van der Waals surface area contributed by atoms with E-state index in [-0.39, 0.29) is 5.78 Å². The number of carbonyl (C=O) groups excluding carboxylic acids is 1. The van der Waals surface area contributed by atoms with Crippen LogP contribution >= 0.6 is 11.8 Å². The Labute approximate surface area is 131 Å². The van der Waals surface area contributed by atoms with E-state index in [1.807, 2.05) is 44.3 Å². The van der Waals surface area contributed by atoms with Gasteiger partial charge in [-0.1, -0.05) is 47.3 Å². The van der Waals surface area contributed by atoms with Crippen LogP contribution in [0.15, 0.2) is 46.1 Å². The third-order valence-electron chi connectivity index (χ3n) is 3.12. The number of benzene rings is 1. The molecule has 2 aromatic heterocycles.